The first-order chi connectivity index (χ1) is 15.4. The number of anilines is 1. The minimum absolute atomic E-state index is 0.0750. The summed E-state index contributed by atoms with van der Waals surface area (Å²) in [6.45, 7) is 0.256. The summed E-state index contributed by atoms with van der Waals surface area (Å²) in [6, 6.07) is 20.8. The van der Waals surface area contributed by atoms with Crippen LogP contribution in [0.25, 0.3) is 10.8 Å². The van der Waals surface area contributed by atoms with Crippen molar-refractivity contribution in [3.63, 3.8) is 0 Å². The molecule has 0 aliphatic carbocycles. The third kappa shape index (κ3) is 5.13. The molecule has 164 valence electrons. The first-order valence-electron chi connectivity index (χ1n) is 9.80. The second kappa shape index (κ2) is 9.74. The van der Waals surface area contributed by atoms with Crippen LogP contribution < -0.4 is 10.0 Å². The van der Waals surface area contributed by atoms with Crippen molar-refractivity contribution in [2.45, 2.75) is 17.2 Å². The number of rotatable bonds is 8. The molecule has 32 heavy (non-hydrogen) atoms. The van der Waals surface area contributed by atoms with E-state index in [2.05, 4.69) is 44.5 Å². The van der Waals surface area contributed by atoms with E-state index >= 15 is 0 Å². The van der Waals surface area contributed by atoms with E-state index in [0.717, 1.165) is 23.1 Å². The summed E-state index contributed by atoms with van der Waals surface area (Å²) >= 11 is 6.79. The zero-order valence-corrected chi connectivity index (χ0v) is 19.2. The number of carbonyl (C=O) groups is 1. The Hall–Kier alpha value is -2.85. The van der Waals surface area contributed by atoms with Crippen molar-refractivity contribution in [2.75, 3.05) is 11.9 Å². The number of halogens is 1. The molecule has 0 aliphatic heterocycles. The summed E-state index contributed by atoms with van der Waals surface area (Å²) < 4.78 is 27.4. The van der Waals surface area contributed by atoms with Crippen molar-refractivity contribution in [2.24, 2.45) is 0 Å². The molecule has 10 heteroatoms. The van der Waals surface area contributed by atoms with Gasteiger partial charge in [0, 0.05) is 6.54 Å². The van der Waals surface area contributed by atoms with Crippen LogP contribution in [0.3, 0.4) is 0 Å². The molecule has 1 amide bonds. The number of nitrogens with one attached hydrogen (secondary N) is 2. The number of sulfonamides is 1. The number of amides is 1. The molecule has 4 rings (SSSR count). The van der Waals surface area contributed by atoms with E-state index < -0.39 is 15.9 Å². The van der Waals surface area contributed by atoms with Gasteiger partial charge in [-0.05, 0) is 41.3 Å². The lowest BCUT2D eigenvalue weighted by molar-refractivity contribution is 0.102. The number of carbonyl (C=O) groups excluding carboxylic acids is 1. The number of benzene rings is 3. The third-order valence-corrected chi connectivity index (χ3v) is 7.77. The van der Waals surface area contributed by atoms with E-state index in [4.69, 9.17) is 11.6 Å². The summed E-state index contributed by atoms with van der Waals surface area (Å²) in [5, 5.41) is 12.7. The molecule has 0 radical (unpaired) electrons. The maximum absolute atomic E-state index is 12.5. The summed E-state index contributed by atoms with van der Waals surface area (Å²) in [4.78, 5) is 12.3. The Morgan fingerprint density at radius 1 is 0.969 bits per heavy atom. The molecule has 4 aromatic rings. The maximum atomic E-state index is 12.5. The van der Waals surface area contributed by atoms with E-state index in [0.29, 0.717) is 6.42 Å². The fourth-order valence-electron chi connectivity index (χ4n) is 3.24. The summed E-state index contributed by atoms with van der Waals surface area (Å²) in [5.74, 6) is -0.487. The number of nitrogens with zero attached hydrogens (tertiary/aromatic N) is 2. The number of aromatic nitrogens is 2. The van der Waals surface area contributed by atoms with E-state index in [9.17, 15) is 13.2 Å². The fourth-order valence-corrected chi connectivity index (χ4v) is 5.47. The molecule has 0 aliphatic rings. The smallest absolute Gasteiger partial charge is 0.269 e. The molecule has 0 saturated heterocycles. The lowest BCUT2D eigenvalue weighted by atomic mass is 10.0. The quantitative estimate of drug-likeness (QED) is 0.282. The molecule has 0 unspecified atom stereocenters. The van der Waals surface area contributed by atoms with Crippen LogP contribution in [0, 0.1) is 0 Å². The Labute approximate surface area is 194 Å². The predicted octanol–water partition coefficient (Wildman–Crippen LogP) is 4.51. The van der Waals surface area contributed by atoms with Crippen molar-refractivity contribution in [1.29, 1.82) is 0 Å². The molecule has 0 spiro atoms. The van der Waals surface area contributed by atoms with Gasteiger partial charge in [-0.15, -0.1) is 10.2 Å². The van der Waals surface area contributed by atoms with Gasteiger partial charge in [0.05, 0.1) is 10.6 Å². The Balaban J connectivity index is 1.34. The SMILES string of the molecule is O=C(Nc1nnc(S(=O)(=O)NCCCc2cccc3ccccc23)s1)c1ccccc1Cl. The van der Waals surface area contributed by atoms with Crippen LogP contribution in [0.15, 0.2) is 71.1 Å². The molecular weight excluding hydrogens is 468 g/mol. The van der Waals surface area contributed by atoms with Crippen LogP contribution in [0.1, 0.15) is 22.3 Å². The number of aryl methyl sites for hydroxylation is 1. The van der Waals surface area contributed by atoms with E-state index in [1.54, 1.807) is 24.3 Å². The zero-order chi connectivity index (χ0) is 22.6. The third-order valence-electron chi connectivity index (χ3n) is 4.77. The average molecular weight is 487 g/mol. The van der Waals surface area contributed by atoms with Crippen LogP contribution in [-0.2, 0) is 16.4 Å². The zero-order valence-electron chi connectivity index (χ0n) is 16.8. The molecule has 1 aromatic heterocycles. The topological polar surface area (TPSA) is 101 Å². The van der Waals surface area contributed by atoms with Crippen LogP contribution in [0.4, 0.5) is 5.13 Å². The molecule has 2 N–H and O–H groups in total. The van der Waals surface area contributed by atoms with Gasteiger partial charge in [0.1, 0.15) is 0 Å². The largest absolute Gasteiger partial charge is 0.296 e. The van der Waals surface area contributed by atoms with Crippen LogP contribution in [0.2, 0.25) is 5.02 Å². The van der Waals surface area contributed by atoms with Gasteiger partial charge < -0.3 is 0 Å². The van der Waals surface area contributed by atoms with Gasteiger partial charge in [0.25, 0.3) is 15.9 Å². The second-order valence-corrected chi connectivity index (χ2v) is 10.3. The molecule has 0 fully saturated rings. The van der Waals surface area contributed by atoms with E-state index in [1.807, 2.05) is 18.2 Å². The minimum atomic E-state index is -3.83. The molecular formula is C22H19ClN4O3S2. The second-order valence-electron chi connectivity index (χ2n) is 6.95. The van der Waals surface area contributed by atoms with E-state index in [-0.39, 0.29) is 26.6 Å². The number of fused-ring (bicyclic) bond motifs is 1. The van der Waals surface area contributed by atoms with E-state index in [1.165, 1.54) is 10.9 Å². The molecule has 0 saturated carbocycles. The highest BCUT2D eigenvalue weighted by atomic mass is 35.5. The Bertz CT molecular complexity index is 1370. The lowest BCUT2D eigenvalue weighted by Crippen LogP contribution is -2.25. The standard InChI is InChI=1S/C22H19ClN4O3S2/c23-19-13-4-3-12-18(19)20(28)25-21-26-27-22(31-21)32(29,30)24-14-6-10-16-9-5-8-15-7-1-2-11-17(15)16/h1-5,7-9,11-13,24H,6,10,14H2,(H,25,26,28). The van der Waals surface area contributed by atoms with Crippen LogP contribution in [0.5, 0.6) is 0 Å². The highest BCUT2D eigenvalue weighted by Gasteiger charge is 2.21. The normalized spacial score (nSPS) is 11.5. The van der Waals surface area contributed by atoms with Gasteiger partial charge in [0.2, 0.25) is 9.47 Å². The van der Waals surface area contributed by atoms with Gasteiger partial charge in [-0.1, -0.05) is 77.5 Å². The maximum Gasteiger partial charge on any atom is 0.269 e. The molecule has 7 nitrogen and oxygen atoms in total. The fraction of sp³-hybridized carbons (Fsp3) is 0.136. The van der Waals surface area contributed by atoms with Gasteiger partial charge >= 0.3 is 0 Å². The van der Waals surface area contributed by atoms with Crippen molar-refractivity contribution >= 4 is 54.8 Å². The summed E-state index contributed by atoms with van der Waals surface area (Å²) in [7, 11) is -3.83. The molecule has 0 bridgehead atoms. The number of hydrogen-bond acceptors (Lipinski definition) is 6. The minimum Gasteiger partial charge on any atom is -0.296 e. The van der Waals surface area contributed by atoms with Gasteiger partial charge in [0.15, 0.2) is 0 Å². The number of hydrogen-bond donors (Lipinski definition) is 2. The van der Waals surface area contributed by atoms with Gasteiger partial charge in [-0.3, -0.25) is 10.1 Å². The Kier molecular flexibility index (Phi) is 6.80. The first kappa shape index (κ1) is 22.3. The Morgan fingerprint density at radius 3 is 2.56 bits per heavy atom. The van der Waals surface area contributed by atoms with Crippen molar-refractivity contribution in [1.82, 2.24) is 14.9 Å². The highest BCUT2D eigenvalue weighted by Crippen LogP contribution is 2.23. The van der Waals surface area contributed by atoms with Gasteiger partial charge in [-0.25, -0.2) is 13.1 Å². The monoisotopic (exact) mass is 486 g/mol. The predicted molar refractivity (Wildman–Crippen MR) is 127 cm³/mol. The van der Waals surface area contributed by atoms with Crippen LogP contribution >= 0.6 is 22.9 Å². The van der Waals surface area contributed by atoms with Crippen LogP contribution in [-0.4, -0.2) is 31.1 Å². The van der Waals surface area contributed by atoms with Crippen molar-refractivity contribution < 1.29 is 13.2 Å². The van der Waals surface area contributed by atoms with Gasteiger partial charge in [-0.2, -0.15) is 0 Å². The Morgan fingerprint density at radius 2 is 1.72 bits per heavy atom. The molecule has 3 aromatic carbocycles. The molecule has 1 heterocycles. The highest BCUT2D eigenvalue weighted by molar-refractivity contribution is 7.91. The average Bonchev–Trinajstić information content (AvgIpc) is 3.26. The molecule has 0 atom stereocenters. The lowest BCUT2D eigenvalue weighted by Gasteiger charge is -2.07. The van der Waals surface area contributed by atoms with Crippen molar-refractivity contribution in [3.8, 4) is 0 Å². The summed E-state index contributed by atoms with van der Waals surface area (Å²) in [6.07, 6.45) is 1.36. The van der Waals surface area contributed by atoms with Crippen molar-refractivity contribution in [3.05, 3.63) is 82.9 Å². The summed E-state index contributed by atoms with van der Waals surface area (Å²) in [5.41, 5.74) is 1.43. The first-order valence-corrected chi connectivity index (χ1v) is 12.5.